The van der Waals surface area contributed by atoms with Crippen molar-refractivity contribution in [1.29, 1.82) is 0 Å². The Balaban J connectivity index is 1.99. The first-order chi connectivity index (χ1) is 18.6. The average Bonchev–Trinajstić information content (AvgIpc) is 2.85. The number of piperidine rings is 1. The summed E-state index contributed by atoms with van der Waals surface area (Å²) in [6.45, 7) is 7.93. The molecule has 41 heavy (non-hydrogen) atoms. The van der Waals surface area contributed by atoms with Gasteiger partial charge in [0.1, 0.15) is 11.4 Å². The largest absolute Gasteiger partial charge is 0.444 e. The predicted molar refractivity (Wildman–Crippen MR) is 138 cm³/mol. The summed E-state index contributed by atoms with van der Waals surface area (Å²) in [5, 5.41) is 0. The zero-order chi connectivity index (χ0) is 31.1. The molecule has 1 fully saturated rings. The minimum atomic E-state index is -5.07. The lowest BCUT2D eigenvalue weighted by atomic mass is 9.79. The average molecular weight is 591 g/mol. The smallest absolute Gasteiger partial charge is 0.416 e. The molecule has 1 heterocycles. The normalized spacial score (nSPS) is 18.7. The highest BCUT2D eigenvalue weighted by atomic mass is 19.4. The molecule has 226 valence electrons. The summed E-state index contributed by atoms with van der Waals surface area (Å²) in [7, 11) is 1.42. The van der Waals surface area contributed by atoms with Crippen molar-refractivity contribution < 1.29 is 45.1 Å². The van der Waals surface area contributed by atoms with E-state index >= 15 is 0 Å². The minimum absolute atomic E-state index is 0.0186. The Morgan fingerprint density at radius 2 is 1.34 bits per heavy atom. The molecule has 0 spiro atoms. The summed E-state index contributed by atoms with van der Waals surface area (Å²) < 4.78 is 100. The number of nitrogens with zero attached hydrogens (tertiary/aromatic N) is 2. The summed E-state index contributed by atoms with van der Waals surface area (Å²) in [6.07, 6.45) is -10.5. The summed E-state index contributed by atoms with van der Waals surface area (Å²) in [4.78, 5) is 29.4. The number of ether oxygens (including phenoxy) is 1. The van der Waals surface area contributed by atoms with E-state index in [1.807, 2.05) is 0 Å². The van der Waals surface area contributed by atoms with Crippen LogP contribution in [0.2, 0.25) is 0 Å². The standard InChI is InChI=1S/C29H33F7N2O3/c1-26(2,3)41-25(40)38-12-11-23(22(16-38)17-7-9-21(30)10-8-17)37(6)24(39)27(4,5)18-13-19(28(31,32)33)15-20(14-18)29(34,35)36/h7-10,13-15,22-23H,11-12,16H2,1-6H3/t22-,23+/m0/s1. The van der Waals surface area contributed by atoms with Crippen LogP contribution in [0.4, 0.5) is 35.5 Å². The Morgan fingerprint density at radius 3 is 1.80 bits per heavy atom. The Morgan fingerprint density at radius 1 is 0.854 bits per heavy atom. The molecular formula is C29H33F7N2O3. The van der Waals surface area contributed by atoms with Crippen molar-refractivity contribution in [3.63, 3.8) is 0 Å². The second kappa shape index (κ2) is 11.2. The molecule has 0 radical (unpaired) electrons. The Labute approximate surface area is 234 Å². The first-order valence-electron chi connectivity index (χ1n) is 12.9. The van der Waals surface area contributed by atoms with E-state index in [0.29, 0.717) is 17.7 Å². The third-order valence-corrected chi connectivity index (χ3v) is 7.19. The molecule has 2 amide bonds. The first kappa shape index (κ1) is 32.2. The molecule has 0 N–H and O–H groups in total. The molecule has 0 bridgehead atoms. The molecule has 0 saturated carbocycles. The van der Waals surface area contributed by atoms with Crippen molar-refractivity contribution in [3.05, 3.63) is 70.5 Å². The van der Waals surface area contributed by atoms with Gasteiger partial charge in [0.05, 0.1) is 16.5 Å². The van der Waals surface area contributed by atoms with Gasteiger partial charge in [-0.15, -0.1) is 0 Å². The van der Waals surface area contributed by atoms with E-state index in [9.17, 15) is 40.3 Å². The number of likely N-dealkylation sites (N-methyl/N-ethyl adjacent to an activating group) is 1. The zero-order valence-corrected chi connectivity index (χ0v) is 23.6. The van der Waals surface area contributed by atoms with Gasteiger partial charge in [-0.25, -0.2) is 9.18 Å². The van der Waals surface area contributed by atoms with E-state index in [2.05, 4.69) is 0 Å². The topological polar surface area (TPSA) is 49.9 Å². The first-order valence-corrected chi connectivity index (χ1v) is 12.9. The van der Waals surface area contributed by atoms with Crippen LogP contribution in [-0.4, -0.2) is 53.6 Å². The number of hydrogen-bond donors (Lipinski definition) is 0. The monoisotopic (exact) mass is 590 g/mol. The van der Waals surface area contributed by atoms with Gasteiger partial charge in [-0.1, -0.05) is 12.1 Å². The fraction of sp³-hybridized carbons (Fsp3) is 0.517. The highest BCUT2D eigenvalue weighted by Gasteiger charge is 2.44. The maximum absolute atomic E-state index is 13.8. The number of carbonyl (C=O) groups excluding carboxylic acids is 2. The molecule has 2 aromatic carbocycles. The predicted octanol–water partition coefficient (Wildman–Crippen LogP) is 7.39. The molecular weight excluding hydrogens is 557 g/mol. The van der Waals surface area contributed by atoms with Gasteiger partial charge in [-0.3, -0.25) is 4.79 Å². The van der Waals surface area contributed by atoms with Crippen molar-refractivity contribution in [1.82, 2.24) is 9.80 Å². The van der Waals surface area contributed by atoms with Gasteiger partial charge < -0.3 is 14.5 Å². The number of amides is 2. The van der Waals surface area contributed by atoms with Gasteiger partial charge in [-0.2, -0.15) is 26.3 Å². The lowest BCUT2D eigenvalue weighted by molar-refractivity contribution is -0.144. The minimum Gasteiger partial charge on any atom is -0.444 e. The van der Waals surface area contributed by atoms with Crippen LogP contribution in [0.25, 0.3) is 0 Å². The quantitative estimate of drug-likeness (QED) is 0.349. The number of benzene rings is 2. The van der Waals surface area contributed by atoms with Gasteiger partial charge in [0, 0.05) is 32.1 Å². The third kappa shape index (κ3) is 7.51. The van der Waals surface area contributed by atoms with Gasteiger partial charge in [0.25, 0.3) is 0 Å². The summed E-state index contributed by atoms with van der Waals surface area (Å²) >= 11 is 0. The van der Waals surface area contributed by atoms with Crippen molar-refractivity contribution in [3.8, 4) is 0 Å². The van der Waals surface area contributed by atoms with Gasteiger partial charge in [-0.05, 0) is 82.5 Å². The number of rotatable bonds is 4. The number of alkyl halides is 6. The van der Waals surface area contributed by atoms with Crippen LogP contribution >= 0.6 is 0 Å². The number of carbonyl (C=O) groups is 2. The molecule has 0 aromatic heterocycles. The van der Waals surface area contributed by atoms with E-state index in [-0.39, 0.29) is 25.6 Å². The van der Waals surface area contributed by atoms with Gasteiger partial charge >= 0.3 is 18.4 Å². The highest BCUT2D eigenvalue weighted by Crippen LogP contribution is 2.40. The van der Waals surface area contributed by atoms with E-state index in [1.165, 1.54) is 55.0 Å². The fourth-order valence-corrected chi connectivity index (χ4v) is 4.96. The second-order valence-electron chi connectivity index (χ2n) is 11.8. The van der Waals surface area contributed by atoms with Crippen LogP contribution in [0.15, 0.2) is 42.5 Å². The van der Waals surface area contributed by atoms with E-state index in [0.717, 1.165) is 0 Å². The molecule has 1 aliphatic rings. The van der Waals surface area contributed by atoms with Crippen LogP contribution in [0, 0.1) is 5.82 Å². The van der Waals surface area contributed by atoms with Crippen molar-refractivity contribution in [2.45, 2.75) is 76.4 Å². The van der Waals surface area contributed by atoms with Crippen LogP contribution in [0.5, 0.6) is 0 Å². The van der Waals surface area contributed by atoms with Crippen molar-refractivity contribution in [2.75, 3.05) is 20.1 Å². The summed E-state index contributed by atoms with van der Waals surface area (Å²) in [6, 6.07) is 6.00. The summed E-state index contributed by atoms with van der Waals surface area (Å²) in [5.74, 6) is -1.76. The number of halogens is 7. The molecule has 0 aliphatic carbocycles. The molecule has 3 rings (SSSR count). The molecule has 12 heteroatoms. The van der Waals surface area contributed by atoms with E-state index < -0.39 is 69.8 Å². The Hall–Kier alpha value is -3.31. The molecule has 0 unspecified atom stereocenters. The molecule has 2 aromatic rings. The SMILES string of the molecule is CN(C(=O)C(C)(C)c1cc(C(F)(F)F)cc(C(F)(F)F)c1)[C@@H]1CCN(C(=O)OC(C)(C)C)C[C@H]1c1ccc(F)cc1. The third-order valence-electron chi connectivity index (χ3n) is 7.19. The van der Waals surface area contributed by atoms with Crippen LogP contribution in [-0.2, 0) is 27.3 Å². The van der Waals surface area contributed by atoms with Gasteiger partial charge in [0.15, 0.2) is 0 Å². The van der Waals surface area contributed by atoms with Crippen LogP contribution < -0.4 is 0 Å². The Kier molecular flexibility index (Phi) is 8.77. The van der Waals surface area contributed by atoms with E-state index in [1.54, 1.807) is 20.8 Å². The second-order valence-corrected chi connectivity index (χ2v) is 11.8. The van der Waals surface area contributed by atoms with Crippen molar-refractivity contribution in [2.24, 2.45) is 0 Å². The maximum Gasteiger partial charge on any atom is 0.416 e. The number of hydrogen-bond acceptors (Lipinski definition) is 3. The Bertz CT molecular complexity index is 1230. The lowest BCUT2D eigenvalue weighted by Gasteiger charge is -2.45. The van der Waals surface area contributed by atoms with Crippen molar-refractivity contribution >= 4 is 12.0 Å². The molecule has 5 nitrogen and oxygen atoms in total. The fourth-order valence-electron chi connectivity index (χ4n) is 4.96. The van der Waals surface area contributed by atoms with Gasteiger partial charge in [0.2, 0.25) is 5.91 Å². The highest BCUT2D eigenvalue weighted by molar-refractivity contribution is 5.87. The maximum atomic E-state index is 13.8. The van der Waals surface area contributed by atoms with Crippen LogP contribution in [0.1, 0.15) is 69.2 Å². The van der Waals surface area contributed by atoms with E-state index in [4.69, 9.17) is 4.74 Å². The zero-order valence-electron chi connectivity index (χ0n) is 23.6. The van der Waals surface area contributed by atoms with Crippen LogP contribution in [0.3, 0.4) is 0 Å². The molecule has 1 saturated heterocycles. The lowest BCUT2D eigenvalue weighted by Crippen LogP contribution is -2.55. The molecule has 1 aliphatic heterocycles. The molecule has 2 atom stereocenters. The summed E-state index contributed by atoms with van der Waals surface area (Å²) in [5.41, 5.74) is -5.43. The number of likely N-dealkylation sites (tertiary alicyclic amines) is 1.